The molecule has 4 rings (SSSR count). The van der Waals surface area contributed by atoms with E-state index in [1.807, 2.05) is 36.4 Å². The predicted octanol–water partition coefficient (Wildman–Crippen LogP) is 4.95. The van der Waals surface area contributed by atoms with Crippen LogP contribution in [0.2, 0.25) is 0 Å². The molecule has 2 heterocycles. The zero-order valence-corrected chi connectivity index (χ0v) is 20.2. The van der Waals surface area contributed by atoms with Crippen molar-refractivity contribution in [3.8, 4) is 17.5 Å². The second-order valence-electron chi connectivity index (χ2n) is 7.09. The summed E-state index contributed by atoms with van der Waals surface area (Å²) in [6, 6.07) is 20.8. The first kappa shape index (κ1) is 24.6. The fourth-order valence-electron chi connectivity index (χ4n) is 3.09. The van der Waals surface area contributed by atoms with Crippen LogP contribution in [0.1, 0.15) is 5.69 Å². The van der Waals surface area contributed by atoms with E-state index >= 15 is 0 Å². The van der Waals surface area contributed by atoms with Crippen LogP contribution in [0, 0.1) is 21.4 Å². The van der Waals surface area contributed by atoms with Crippen molar-refractivity contribution in [3.05, 3.63) is 94.3 Å². The molecule has 36 heavy (non-hydrogen) atoms. The van der Waals surface area contributed by atoms with Gasteiger partial charge in [-0.15, -0.1) is 10.2 Å². The number of para-hydroxylation sites is 1. The van der Waals surface area contributed by atoms with E-state index in [-0.39, 0.29) is 16.4 Å². The van der Waals surface area contributed by atoms with Crippen LogP contribution < -0.4 is 10.1 Å². The number of hydrogen-bond acceptors (Lipinski definition) is 9. The highest BCUT2D eigenvalue weighted by molar-refractivity contribution is 8.01. The summed E-state index contributed by atoms with van der Waals surface area (Å²) in [5, 5.41) is 31.5. The van der Waals surface area contributed by atoms with E-state index in [1.54, 1.807) is 35.0 Å². The number of anilines is 1. The molecule has 180 valence electrons. The third-order valence-electron chi connectivity index (χ3n) is 4.70. The fraction of sp³-hybridized carbons (Fsp3) is 0.0833. The Balaban J connectivity index is 1.38. The average Bonchev–Trinajstić information content (AvgIpc) is 3.55. The second kappa shape index (κ2) is 11.8. The van der Waals surface area contributed by atoms with Crippen molar-refractivity contribution in [3.63, 3.8) is 0 Å². The maximum atomic E-state index is 12.7. The summed E-state index contributed by atoms with van der Waals surface area (Å²) in [7, 11) is 0. The lowest BCUT2D eigenvalue weighted by atomic mass is 10.2. The molecular weight excluding hydrogens is 500 g/mol. The quantitative estimate of drug-likeness (QED) is 0.0592. The van der Waals surface area contributed by atoms with Gasteiger partial charge in [0, 0.05) is 29.8 Å². The Bertz CT molecular complexity index is 1440. The average molecular weight is 519 g/mol. The fourth-order valence-corrected chi connectivity index (χ4v) is 4.72. The van der Waals surface area contributed by atoms with Crippen LogP contribution in [0.3, 0.4) is 0 Å². The number of nitriles is 1. The summed E-state index contributed by atoms with van der Waals surface area (Å²) >= 11 is 2.64. The molecule has 0 aliphatic rings. The molecule has 0 bridgehead atoms. The molecule has 4 aromatic rings. The van der Waals surface area contributed by atoms with Crippen LogP contribution in [0.25, 0.3) is 11.8 Å². The normalized spacial score (nSPS) is 11.0. The van der Waals surface area contributed by atoms with Gasteiger partial charge in [0.05, 0.1) is 17.2 Å². The molecule has 1 amide bonds. The Kier molecular flexibility index (Phi) is 8.07. The number of nitro benzene ring substituents is 1. The van der Waals surface area contributed by atoms with Gasteiger partial charge in [0.25, 0.3) is 11.6 Å². The van der Waals surface area contributed by atoms with Crippen LogP contribution in [0.15, 0.2) is 82.8 Å². The minimum atomic E-state index is -0.635. The van der Waals surface area contributed by atoms with E-state index in [0.717, 1.165) is 5.75 Å². The lowest BCUT2D eigenvalue weighted by Gasteiger charge is -2.07. The Morgan fingerprint density at radius 2 is 2.03 bits per heavy atom. The molecule has 0 unspecified atom stereocenters. The van der Waals surface area contributed by atoms with Gasteiger partial charge in [-0.25, -0.2) is 0 Å². The van der Waals surface area contributed by atoms with Gasteiger partial charge in [0.2, 0.25) is 5.13 Å². The maximum Gasteiger partial charge on any atom is 0.271 e. The third kappa shape index (κ3) is 6.35. The molecule has 0 fully saturated rings. The Hall–Kier alpha value is -4.47. The van der Waals surface area contributed by atoms with E-state index in [0.29, 0.717) is 28.1 Å². The number of amides is 1. The number of nitro groups is 1. The summed E-state index contributed by atoms with van der Waals surface area (Å²) in [5.74, 6) is 0.801. The number of carbonyl (C=O) groups excluding carboxylic acids is 1. The molecule has 0 radical (unpaired) electrons. The summed E-state index contributed by atoms with van der Waals surface area (Å²) in [6.45, 7) is 0.488. The number of benzene rings is 2. The Morgan fingerprint density at radius 1 is 1.19 bits per heavy atom. The van der Waals surface area contributed by atoms with Gasteiger partial charge in [0.1, 0.15) is 17.4 Å². The minimum absolute atomic E-state index is 0.0639. The topological polar surface area (TPSA) is 136 Å². The van der Waals surface area contributed by atoms with Crippen molar-refractivity contribution in [1.82, 2.24) is 14.8 Å². The van der Waals surface area contributed by atoms with Crippen molar-refractivity contribution < 1.29 is 14.5 Å². The van der Waals surface area contributed by atoms with Gasteiger partial charge in [-0.3, -0.25) is 20.2 Å². The van der Waals surface area contributed by atoms with Crippen LogP contribution in [-0.2, 0) is 4.79 Å². The van der Waals surface area contributed by atoms with Gasteiger partial charge in [-0.2, -0.15) is 5.26 Å². The largest absolute Gasteiger partial charge is 0.493 e. The van der Waals surface area contributed by atoms with Gasteiger partial charge in [0.15, 0.2) is 4.34 Å². The number of thioether (sulfide) groups is 1. The van der Waals surface area contributed by atoms with Gasteiger partial charge in [-0.1, -0.05) is 47.4 Å². The zero-order chi connectivity index (χ0) is 25.3. The molecule has 0 saturated carbocycles. The SMILES string of the molecule is N#C/C(=C/c1cccn1-c1cccc([N+](=O)[O-])c1)C(=O)Nc1nnc(SCCOc2ccccc2)s1. The summed E-state index contributed by atoms with van der Waals surface area (Å²) in [5.41, 5.74) is 0.821. The van der Waals surface area contributed by atoms with Gasteiger partial charge >= 0.3 is 0 Å². The Labute approximate surface area is 214 Å². The number of carbonyl (C=O) groups is 1. The highest BCUT2D eigenvalue weighted by atomic mass is 32.2. The second-order valence-corrected chi connectivity index (χ2v) is 9.41. The van der Waals surface area contributed by atoms with E-state index in [4.69, 9.17) is 4.74 Å². The number of aromatic nitrogens is 3. The molecular formula is C24H18N6O4S2. The minimum Gasteiger partial charge on any atom is -0.493 e. The number of non-ortho nitro benzene ring substituents is 1. The third-order valence-corrected chi connectivity index (χ3v) is 6.64. The van der Waals surface area contributed by atoms with Crippen LogP contribution in [-0.4, -0.2) is 38.0 Å². The van der Waals surface area contributed by atoms with Crippen molar-refractivity contribution in [2.24, 2.45) is 0 Å². The monoisotopic (exact) mass is 518 g/mol. The molecule has 2 aromatic heterocycles. The number of ether oxygens (including phenoxy) is 1. The number of hydrogen-bond donors (Lipinski definition) is 1. The molecule has 0 atom stereocenters. The summed E-state index contributed by atoms with van der Waals surface area (Å²) < 4.78 is 7.95. The molecule has 1 N–H and O–H groups in total. The van der Waals surface area contributed by atoms with E-state index in [9.17, 15) is 20.2 Å². The first-order valence-electron chi connectivity index (χ1n) is 10.5. The first-order valence-corrected chi connectivity index (χ1v) is 12.3. The summed E-state index contributed by atoms with van der Waals surface area (Å²) in [4.78, 5) is 23.3. The molecule has 0 aliphatic carbocycles. The van der Waals surface area contributed by atoms with E-state index in [2.05, 4.69) is 15.5 Å². The van der Waals surface area contributed by atoms with Crippen LogP contribution >= 0.6 is 23.1 Å². The van der Waals surface area contributed by atoms with E-state index in [1.165, 1.54) is 41.3 Å². The Morgan fingerprint density at radius 3 is 2.81 bits per heavy atom. The highest BCUT2D eigenvalue weighted by Gasteiger charge is 2.15. The standard InChI is InChI=1S/C24H18N6O4S2/c25-16-17(14-18-8-5-11-29(18)19-6-4-7-20(15-19)30(32)33)22(31)26-23-27-28-24(36-23)35-13-12-34-21-9-2-1-3-10-21/h1-11,14-15H,12-13H2,(H,26,27,31)/b17-14-. The zero-order valence-electron chi connectivity index (χ0n) is 18.6. The molecule has 2 aromatic carbocycles. The smallest absolute Gasteiger partial charge is 0.271 e. The van der Waals surface area contributed by atoms with Crippen LogP contribution in [0.5, 0.6) is 5.75 Å². The van der Waals surface area contributed by atoms with Crippen molar-refractivity contribution in [1.29, 1.82) is 5.26 Å². The van der Waals surface area contributed by atoms with Crippen molar-refractivity contribution >= 4 is 45.9 Å². The maximum absolute atomic E-state index is 12.7. The van der Waals surface area contributed by atoms with Gasteiger partial charge in [-0.05, 0) is 36.4 Å². The first-order chi connectivity index (χ1) is 17.5. The predicted molar refractivity (Wildman–Crippen MR) is 137 cm³/mol. The van der Waals surface area contributed by atoms with Crippen molar-refractivity contribution in [2.45, 2.75) is 4.34 Å². The summed E-state index contributed by atoms with van der Waals surface area (Å²) in [6.07, 6.45) is 3.10. The van der Waals surface area contributed by atoms with Crippen molar-refractivity contribution in [2.75, 3.05) is 17.7 Å². The van der Waals surface area contributed by atoms with E-state index < -0.39 is 10.8 Å². The number of rotatable bonds is 10. The number of nitrogens with zero attached hydrogens (tertiary/aromatic N) is 5. The van der Waals surface area contributed by atoms with Crippen LogP contribution in [0.4, 0.5) is 10.8 Å². The van der Waals surface area contributed by atoms with Gasteiger partial charge < -0.3 is 9.30 Å². The lowest BCUT2D eigenvalue weighted by Crippen LogP contribution is -2.13. The number of nitrogens with one attached hydrogen (secondary N) is 1. The molecule has 12 heteroatoms. The molecule has 0 aliphatic heterocycles. The highest BCUT2D eigenvalue weighted by Crippen LogP contribution is 2.26. The molecule has 0 spiro atoms. The lowest BCUT2D eigenvalue weighted by molar-refractivity contribution is -0.384. The molecule has 0 saturated heterocycles. The molecule has 10 nitrogen and oxygen atoms in total.